The van der Waals surface area contributed by atoms with Gasteiger partial charge in [-0.15, -0.1) is 0 Å². The van der Waals surface area contributed by atoms with Gasteiger partial charge in [0.25, 0.3) is 20.0 Å². The third-order valence-electron chi connectivity index (χ3n) is 5.42. The first-order valence-electron chi connectivity index (χ1n) is 10.6. The molecule has 0 unspecified atom stereocenters. The Morgan fingerprint density at radius 3 is 2.14 bits per heavy atom. The maximum atomic E-state index is 13.0. The van der Waals surface area contributed by atoms with Crippen molar-refractivity contribution in [2.75, 3.05) is 28.0 Å². The second-order valence-corrected chi connectivity index (χ2v) is 12.1. The van der Waals surface area contributed by atoms with Crippen molar-refractivity contribution in [2.45, 2.75) is 22.6 Å². The van der Waals surface area contributed by atoms with Crippen molar-refractivity contribution >= 4 is 66.2 Å². The summed E-state index contributed by atoms with van der Waals surface area (Å²) < 4.78 is 61.6. The first-order valence-corrected chi connectivity index (χ1v) is 14.3. The van der Waals surface area contributed by atoms with E-state index in [0.717, 1.165) is 0 Å². The Bertz CT molecular complexity index is 1530. The number of amides is 1. The predicted molar refractivity (Wildman–Crippen MR) is 139 cm³/mol. The van der Waals surface area contributed by atoms with E-state index in [1.807, 2.05) is 0 Å². The number of hydrogen-bond acceptors (Lipinski definition) is 6. The lowest BCUT2D eigenvalue weighted by Crippen LogP contribution is -2.25. The molecule has 3 aromatic carbocycles. The number of carbonyl (C=O) groups excluding carboxylic acids is 1. The Morgan fingerprint density at radius 1 is 0.861 bits per heavy atom. The Balaban J connectivity index is 1.55. The van der Waals surface area contributed by atoms with Crippen LogP contribution in [-0.2, 0) is 24.8 Å². The molecule has 0 spiro atoms. The van der Waals surface area contributed by atoms with E-state index in [1.54, 1.807) is 0 Å². The zero-order chi connectivity index (χ0) is 26.1. The minimum Gasteiger partial charge on any atom is -0.495 e. The first kappa shape index (κ1) is 26.1. The first-order chi connectivity index (χ1) is 17.0. The molecule has 1 fully saturated rings. The van der Waals surface area contributed by atoms with Gasteiger partial charge < -0.3 is 9.64 Å². The normalized spacial score (nSPS) is 14.1. The van der Waals surface area contributed by atoms with E-state index in [2.05, 4.69) is 9.44 Å². The van der Waals surface area contributed by atoms with Crippen molar-refractivity contribution in [3.63, 3.8) is 0 Å². The van der Waals surface area contributed by atoms with Gasteiger partial charge in [-0.25, -0.2) is 16.8 Å². The van der Waals surface area contributed by atoms with E-state index >= 15 is 0 Å². The fourth-order valence-electron chi connectivity index (χ4n) is 3.64. The highest BCUT2D eigenvalue weighted by Gasteiger charge is 2.27. The molecular formula is C23H21Cl2N3O6S2. The van der Waals surface area contributed by atoms with Gasteiger partial charge in [-0.1, -0.05) is 23.2 Å². The van der Waals surface area contributed by atoms with Crippen molar-refractivity contribution in [2.24, 2.45) is 0 Å². The lowest BCUT2D eigenvalue weighted by atomic mass is 10.2. The number of nitrogens with one attached hydrogen (secondary N) is 2. The summed E-state index contributed by atoms with van der Waals surface area (Å²) >= 11 is 11.9. The van der Waals surface area contributed by atoms with Crippen LogP contribution in [0.1, 0.15) is 12.8 Å². The maximum absolute atomic E-state index is 13.0. The fraction of sp³-hybridized carbons (Fsp3) is 0.174. The zero-order valence-corrected chi connectivity index (χ0v) is 22.0. The van der Waals surface area contributed by atoms with Crippen molar-refractivity contribution in [3.05, 3.63) is 70.7 Å². The fourth-order valence-corrected chi connectivity index (χ4v) is 6.31. The summed E-state index contributed by atoms with van der Waals surface area (Å²) in [5.41, 5.74) is 0.669. The molecule has 1 aliphatic heterocycles. The summed E-state index contributed by atoms with van der Waals surface area (Å²) in [7, 11) is -6.61. The van der Waals surface area contributed by atoms with E-state index in [9.17, 15) is 21.6 Å². The molecule has 9 nitrogen and oxygen atoms in total. The van der Waals surface area contributed by atoms with Gasteiger partial charge in [0.15, 0.2) is 0 Å². The predicted octanol–water partition coefficient (Wildman–Crippen LogP) is 4.73. The highest BCUT2D eigenvalue weighted by atomic mass is 35.5. The number of nitrogens with zero attached hydrogens (tertiary/aromatic N) is 1. The molecule has 1 heterocycles. The van der Waals surface area contributed by atoms with Crippen LogP contribution in [0.5, 0.6) is 5.75 Å². The van der Waals surface area contributed by atoms with Crippen molar-refractivity contribution in [3.8, 4) is 5.75 Å². The van der Waals surface area contributed by atoms with Gasteiger partial charge in [0.05, 0.1) is 33.3 Å². The SMILES string of the molecule is COc1ccc(S(=O)(=O)Nc2ccc(S(=O)(=O)Nc3ccc(Cl)cc3Cl)cc2)cc1N1CCCC1=O. The molecule has 0 saturated carbocycles. The molecule has 36 heavy (non-hydrogen) atoms. The topological polar surface area (TPSA) is 122 Å². The van der Waals surface area contributed by atoms with Gasteiger partial charge >= 0.3 is 0 Å². The standard InChI is InChI=1S/C23H21Cl2N3O6S2/c1-34-22-11-9-18(14-21(22)28-12-2-3-23(28)29)36(32,33)26-16-5-7-17(8-6-16)35(30,31)27-20-10-4-15(24)13-19(20)25/h4-11,13-14,26-27H,2-3,12H2,1H3. The maximum Gasteiger partial charge on any atom is 0.261 e. The summed E-state index contributed by atoms with van der Waals surface area (Å²) in [5, 5.41) is 0.487. The molecular weight excluding hydrogens is 549 g/mol. The van der Waals surface area contributed by atoms with Gasteiger partial charge in [0, 0.05) is 23.7 Å². The number of benzene rings is 3. The number of anilines is 3. The van der Waals surface area contributed by atoms with Gasteiger partial charge in [-0.05, 0) is 67.1 Å². The molecule has 0 radical (unpaired) electrons. The van der Waals surface area contributed by atoms with Crippen LogP contribution < -0.4 is 19.1 Å². The Hall–Kier alpha value is -2.99. The molecule has 0 aromatic heterocycles. The average Bonchev–Trinajstić information content (AvgIpc) is 3.26. The van der Waals surface area contributed by atoms with Crippen LogP contribution in [0.15, 0.2) is 70.5 Å². The third-order valence-corrected chi connectivity index (χ3v) is 8.73. The van der Waals surface area contributed by atoms with Crippen LogP contribution >= 0.6 is 23.2 Å². The summed E-state index contributed by atoms with van der Waals surface area (Å²) in [6.45, 7) is 0.470. The lowest BCUT2D eigenvalue weighted by molar-refractivity contribution is -0.117. The average molecular weight is 570 g/mol. The molecule has 1 saturated heterocycles. The third kappa shape index (κ3) is 5.54. The van der Waals surface area contributed by atoms with E-state index in [-0.39, 0.29) is 32.1 Å². The number of methoxy groups -OCH3 is 1. The second-order valence-electron chi connectivity index (χ2n) is 7.84. The van der Waals surface area contributed by atoms with E-state index in [1.165, 1.54) is 72.7 Å². The summed E-state index contributed by atoms with van der Waals surface area (Å²) in [4.78, 5) is 13.5. The van der Waals surface area contributed by atoms with Crippen LogP contribution in [0.25, 0.3) is 0 Å². The molecule has 13 heteroatoms. The number of rotatable bonds is 8. The molecule has 4 rings (SSSR count). The van der Waals surface area contributed by atoms with Crippen LogP contribution in [0.2, 0.25) is 10.0 Å². The Morgan fingerprint density at radius 2 is 1.53 bits per heavy atom. The van der Waals surface area contributed by atoms with E-state index in [4.69, 9.17) is 27.9 Å². The van der Waals surface area contributed by atoms with E-state index in [0.29, 0.717) is 35.8 Å². The smallest absolute Gasteiger partial charge is 0.261 e. The van der Waals surface area contributed by atoms with Crippen LogP contribution in [-0.4, -0.2) is 36.4 Å². The van der Waals surface area contributed by atoms with Crippen LogP contribution in [0.3, 0.4) is 0 Å². The molecule has 0 atom stereocenters. The summed E-state index contributed by atoms with van der Waals surface area (Å²) in [5.74, 6) is 0.271. The highest BCUT2D eigenvalue weighted by Crippen LogP contribution is 2.34. The Kier molecular flexibility index (Phi) is 7.37. The van der Waals surface area contributed by atoms with Crippen molar-refractivity contribution in [1.29, 1.82) is 0 Å². The molecule has 2 N–H and O–H groups in total. The molecule has 1 aliphatic rings. The van der Waals surface area contributed by atoms with Crippen LogP contribution in [0, 0.1) is 0 Å². The lowest BCUT2D eigenvalue weighted by Gasteiger charge is -2.20. The molecule has 0 bridgehead atoms. The number of hydrogen-bond donors (Lipinski definition) is 2. The summed E-state index contributed by atoms with van der Waals surface area (Å²) in [6, 6.07) is 13.7. The molecule has 1 amide bonds. The molecule has 190 valence electrons. The van der Waals surface area contributed by atoms with Crippen molar-refractivity contribution < 1.29 is 26.4 Å². The monoisotopic (exact) mass is 569 g/mol. The number of sulfonamides is 2. The number of carbonyl (C=O) groups is 1. The minimum absolute atomic E-state index is 0.0752. The van der Waals surface area contributed by atoms with Gasteiger partial charge in [-0.3, -0.25) is 14.2 Å². The van der Waals surface area contributed by atoms with Gasteiger partial charge in [0.2, 0.25) is 5.91 Å². The van der Waals surface area contributed by atoms with Crippen molar-refractivity contribution in [1.82, 2.24) is 0 Å². The summed E-state index contributed by atoms with van der Waals surface area (Å²) in [6.07, 6.45) is 1.05. The number of ether oxygens (including phenoxy) is 1. The second kappa shape index (κ2) is 10.2. The highest BCUT2D eigenvalue weighted by molar-refractivity contribution is 7.93. The van der Waals surface area contributed by atoms with E-state index < -0.39 is 20.0 Å². The van der Waals surface area contributed by atoms with Gasteiger partial charge in [0.1, 0.15) is 5.75 Å². The largest absolute Gasteiger partial charge is 0.495 e. The van der Waals surface area contributed by atoms with Crippen LogP contribution in [0.4, 0.5) is 17.1 Å². The number of halogens is 2. The zero-order valence-electron chi connectivity index (χ0n) is 18.9. The minimum atomic E-state index is -4.05. The quantitative estimate of drug-likeness (QED) is 0.404. The Labute approximate surface area is 219 Å². The van der Waals surface area contributed by atoms with Gasteiger partial charge in [-0.2, -0.15) is 0 Å². The molecule has 3 aromatic rings. The molecule has 0 aliphatic carbocycles.